The lowest BCUT2D eigenvalue weighted by atomic mass is 10.2. The van der Waals surface area contributed by atoms with E-state index in [0.29, 0.717) is 5.92 Å². The Hall–Kier alpha value is -1.18. The maximum atomic E-state index is 4.47. The van der Waals surface area contributed by atoms with Crippen molar-refractivity contribution in [2.24, 2.45) is 15.9 Å². The molecule has 0 aliphatic carbocycles. The van der Waals surface area contributed by atoms with Gasteiger partial charge in [0.25, 0.3) is 0 Å². The Labute approximate surface area is 71.7 Å². The predicted molar refractivity (Wildman–Crippen MR) is 47.7 cm³/mol. The molecule has 0 amide bonds. The van der Waals surface area contributed by atoms with Crippen LogP contribution in [0.4, 0.5) is 0 Å². The average Bonchev–Trinajstić information content (AvgIpc) is 2.29. The first-order chi connectivity index (χ1) is 5.86. The van der Waals surface area contributed by atoms with E-state index in [1.807, 2.05) is 24.3 Å². The Kier molecular flexibility index (Phi) is 1.90. The fraction of sp³-hybridized carbons (Fsp3) is 0.400. The molecule has 0 radical (unpaired) electrons. The molecule has 2 nitrogen and oxygen atoms in total. The van der Waals surface area contributed by atoms with Crippen LogP contribution in [0.2, 0.25) is 0 Å². The molecule has 1 aromatic carbocycles. The highest BCUT2D eigenvalue weighted by Crippen LogP contribution is 1.95. The van der Waals surface area contributed by atoms with Gasteiger partial charge in [-0.05, 0) is 18.1 Å². The van der Waals surface area contributed by atoms with Gasteiger partial charge < -0.3 is 0 Å². The number of hydrogen-bond acceptors (Lipinski definition) is 2. The smallest absolute Gasteiger partial charge is 0.0826 e. The normalized spacial score (nSPS) is 17.1. The maximum Gasteiger partial charge on any atom is 0.0826 e. The molecule has 0 bridgehead atoms. The Bertz CT molecular complexity index is 344. The average molecular weight is 160 g/mol. The molecule has 12 heavy (non-hydrogen) atoms. The predicted octanol–water partition coefficient (Wildman–Crippen LogP) is 0.576. The van der Waals surface area contributed by atoms with Gasteiger partial charge in [-0.3, -0.25) is 9.98 Å². The van der Waals surface area contributed by atoms with Crippen molar-refractivity contribution >= 4 is 0 Å². The van der Waals surface area contributed by atoms with Crippen LogP contribution in [0.5, 0.6) is 0 Å². The molecule has 1 heterocycles. The summed E-state index contributed by atoms with van der Waals surface area (Å²) in [5.41, 5.74) is 0. The van der Waals surface area contributed by atoms with Crippen LogP contribution in [-0.2, 0) is 0 Å². The lowest BCUT2D eigenvalue weighted by molar-refractivity contribution is 0.609. The summed E-state index contributed by atoms with van der Waals surface area (Å²) in [6.07, 6.45) is 0. The van der Waals surface area contributed by atoms with Crippen LogP contribution in [-0.4, -0.2) is 13.1 Å². The molecule has 0 saturated heterocycles. The van der Waals surface area contributed by atoms with Gasteiger partial charge in [-0.25, -0.2) is 0 Å². The van der Waals surface area contributed by atoms with Crippen molar-refractivity contribution in [3.8, 4) is 0 Å². The van der Waals surface area contributed by atoms with Crippen molar-refractivity contribution in [2.75, 3.05) is 13.1 Å². The Morgan fingerprint density at radius 2 is 1.58 bits per heavy atom. The first kappa shape index (κ1) is 7.47. The minimum atomic E-state index is 0.581. The van der Waals surface area contributed by atoms with E-state index in [2.05, 4.69) is 16.9 Å². The summed E-state index contributed by atoms with van der Waals surface area (Å²) in [5, 5.41) is 2.09. The van der Waals surface area contributed by atoms with Gasteiger partial charge in [-0.1, -0.05) is 19.1 Å². The van der Waals surface area contributed by atoms with Crippen LogP contribution in [0.3, 0.4) is 0 Å². The van der Waals surface area contributed by atoms with Crippen LogP contribution in [0, 0.1) is 5.92 Å². The molecule has 0 atom stereocenters. The standard InChI is InChI=1S/C10H12N2/c1-8-6-11-9-4-2-3-5-10(9)12-7-8/h2-5,8H,6-7H2,1H3. The number of para-hydroxylation sites is 2. The van der Waals surface area contributed by atoms with Gasteiger partial charge in [0.15, 0.2) is 0 Å². The molecule has 2 heteroatoms. The molecule has 1 aromatic rings. The summed E-state index contributed by atoms with van der Waals surface area (Å²) in [5.74, 6) is 0.581. The lowest BCUT2D eigenvalue weighted by Gasteiger charge is -1.99. The monoisotopic (exact) mass is 160 g/mol. The lowest BCUT2D eigenvalue weighted by Crippen LogP contribution is -2.23. The summed E-state index contributed by atoms with van der Waals surface area (Å²) in [4.78, 5) is 8.95. The highest BCUT2D eigenvalue weighted by Gasteiger charge is 2.01. The molecule has 2 rings (SSSR count). The molecule has 0 fully saturated rings. The molecule has 0 aromatic heterocycles. The van der Waals surface area contributed by atoms with E-state index in [4.69, 9.17) is 0 Å². The van der Waals surface area contributed by atoms with Crippen molar-refractivity contribution in [3.05, 3.63) is 35.0 Å². The van der Waals surface area contributed by atoms with Gasteiger partial charge in [-0.2, -0.15) is 0 Å². The quantitative estimate of drug-likeness (QED) is 0.530. The number of fused-ring (bicyclic) bond motifs is 1. The van der Waals surface area contributed by atoms with Crippen LogP contribution in [0.15, 0.2) is 34.3 Å². The number of nitrogens with zero attached hydrogens (tertiary/aromatic N) is 2. The van der Waals surface area contributed by atoms with Crippen molar-refractivity contribution in [3.63, 3.8) is 0 Å². The topological polar surface area (TPSA) is 24.7 Å². The van der Waals surface area contributed by atoms with Gasteiger partial charge >= 0.3 is 0 Å². The molecular formula is C10H12N2. The maximum absolute atomic E-state index is 4.47. The van der Waals surface area contributed by atoms with E-state index in [9.17, 15) is 0 Å². The minimum Gasteiger partial charge on any atom is -0.283 e. The molecule has 0 N–H and O–H groups in total. The second-order valence-electron chi connectivity index (χ2n) is 3.28. The fourth-order valence-corrected chi connectivity index (χ4v) is 1.30. The third kappa shape index (κ3) is 1.37. The summed E-state index contributed by atoms with van der Waals surface area (Å²) in [6, 6.07) is 8.06. The summed E-state index contributed by atoms with van der Waals surface area (Å²) in [7, 11) is 0. The molecule has 0 saturated carbocycles. The number of benzene rings is 1. The molecule has 1 aliphatic rings. The fourth-order valence-electron chi connectivity index (χ4n) is 1.30. The summed E-state index contributed by atoms with van der Waals surface area (Å²) < 4.78 is 0. The van der Waals surface area contributed by atoms with E-state index < -0.39 is 0 Å². The van der Waals surface area contributed by atoms with Gasteiger partial charge in [0.05, 0.1) is 10.7 Å². The van der Waals surface area contributed by atoms with Crippen molar-refractivity contribution in [1.82, 2.24) is 0 Å². The van der Waals surface area contributed by atoms with Crippen LogP contribution < -0.4 is 10.7 Å². The van der Waals surface area contributed by atoms with Crippen LogP contribution in [0.1, 0.15) is 6.92 Å². The Morgan fingerprint density at radius 3 is 2.08 bits per heavy atom. The van der Waals surface area contributed by atoms with Crippen molar-refractivity contribution in [2.45, 2.75) is 6.92 Å². The van der Waals surface area contributed by atoms with Crippen molar-refractivity contribution < 1.29 is 0 Å². The summed E-state index contributed by atoms with van der Waals surface area (Å²) >= 11 is 0. The molecule has 0 spiro atoms. The zero-order valence-electron chi connectivity index (χ0n) is 7.20. The van der Waals surface area contributed by atoms with E-state index in [-0.39, 0.29) is 0 Å². The summed E-state index contributed by atoms with van der Waals surface area (Å²) in [6.45, 7) is 3.99. The minimum absolute atomic E-state index is 0.581. The van der Waals surface area contributed by atoms with Crippen molar-refractivity contribution in [1.29, 1.82) is 0 Å². The third-order valence-corrected chi connectivity index (χ3v) is 2.03. The second kappa shape index (κ2) is 3.05. The van der Waals surface area contributed by atoms with Crippen LogP contribution in [0.25, 0.3) is 0 Å². The second-order valence-corrected chi connectivity index (χ2v) is 3.28. The van der Waals surface area contributed by atoms with E-state index in [1.54, 1.807) is 0 Å². The molecular weight excluding hydrogens is 148 g/mol. The third-order valence-electron chi connectivity index (χ3n) is 2.03. The van der Waals surface area contributed by atoms with E-state index in [0.717, 1.165) is 23.8 Å². The van der Waals surface area contributed by atoms with Gasteiger partial charge in [-0.15, -0.1) is 0 Å². The van der Waals surface area contributed by atoms with Gasteiger partial charge in [0, 0.05) is 13.1 Å². The molecule has 0 unspecified atom stereocenters. The van der Waals surface area contributed by atoms with Crippen LogP contribution >= 0.6 is 0 Å². The Balaban J connectivity index is 2.61. The first-order valence-corrected chi connectivity index (χ1v) is 4.30. The highest BCUT2D eigenvalue weighted by molar-refractivity contribution is 5.01. The molecule has 1 aliphatic heterocycles. The SMILES string of the molecule is CC1CN=c2ccccc2=NC1. The molecule has 62 valence electrons. The number of hydrogen-bond donors (Lipinski definition) is 0. The van der Waals surface area contributed by atoms with E-state index in [1.165, 1.54) is 0 Å². The van der Waals surface area contributed by atoms with Gasteiger partial charge in [0.1, 0.15) is 0 Å². The largest absolute Gasteiger partial charge is 0.283 e. The zero-order chi connectivity index (χ0) is 8.39. The van der Waals surface area contributed by atoms with Gasteiger partial charge in [0.2, 0.25) is 0 Å². The zero-order valence-corrected chi connectivity index (χ0v) is 7.20. The first-order valence-electron chi connectivity index (χ1n) is 4.30. The number of rotatable bonds is 0. The highest BCUT2D eigenvalue weighted by atomic mass is 14.8. The Morgan fingerprint density at radius 1 is 1.08 bits per heavy atom. The van der Waals surface area contributed by atoms with E-state index >= 15 is 0 Å².